The Hall–Kier alpha value is -3.03. The fourth-order valence-electron chi connectivity index (χ4n) is 4.09. The minimum atomic E-state index is -1.02. The molecule has 172 valence electrons. The first-order chi connectivity index (χ1) is 16.0. The molecule has 7 heteroatoms. The van der Waals surface area contributed by atoms with Crippen LogP contribution in [0.4, 0.5) is 11.5 Å². The number of aromatic nitrogens is 3. The van der Waals surface area contributed by atoms with E-state index < -0.39 is 5.60 Å². The second kappa shape index (κ2) is 9.08. The molecule has 7 nitrogen and oxygen atoms in total. The second-order valence-corrected chi connectivity index (χ2v) is 9.37. The van der Waals surface area contributed by atoms with E-state index in [-0.39, 0.29) is 0 Å². The van der Waals surface area contributed by atoms with Crippen molar-refractivity contribution in [2.75, 3.05) is 18.5 Å². The molecule has 0 atom stereocenters. The molecule has 3 aromatic heterocycles. The van der Waals surface area contributed by atoms with Gasteiger partial charge in [-0.05, 0) is 69.9 Å². The normalized spacial score (nSPS) is 17.1. The van der Waals surface area contributed by atoms with Crippen molar-refractivity contribution in [3.63, 3.8) is 0 Å². The Morgan fingerprint density at radius 1 is 0.970 bits per heavy atom. The smallest absolute Gasteiger partial charge is 0.149 e. The predicted molar refractivity (Wildman–Crippen MR) is 126 cm³/mol. The van der Waals surface area contributed by atoms with Crippen molar-refractivity contribution in [1.82, 2.24) is 15.0 Å². The summed E-state index contributed by atoms with van der Waals surface area (Å²) in [5.74, 6) is 3.10. The largest absolute Gasteiger partial charge is 0.455 e. The maximum atomic E-state index is 10.2. The van der Waals surface area contributed by atoms with Gasteiger partial charge in [0.2, 0.25) is 0 Å². The summed E-state index contributed by atoms with van der Waals surface area (Å²) in [7, 11) is 0. The summed E-state index contributed by atoms with van der Waals surface area (Å²) in [6.45, 7) is 4.96. The van der Waals surface area contributed by atoms with Gasteiger partial charge in [0, 0.05) is 54.9 Å². The summed E-state index contributed by atoms with van der Waals surface area (Å²) in [6.07, 6.45) is 7.77. The van der Waals surface area contributed by atoms with Gasteiger partial charge in [0.05, 0.1) is 11.4 Å². The number of nitrogens with zero attached hydrogens (tertiary/aromatic N) is 3. The topological polar surface area (TPSA) is 89.4 Å². The lowest BCUT2D eigenvalue weighted by Crippen LogP contribution is -2.17. The summed E-state index contributed by atoms with van der Waals surface area (Å²) in [5, 5.41) is 13.5. The van der Waals surface area contributed by atoms with Gasteiger partial charge in [-0.2, -0.15) is 0 Å². The number of hydrogen-bond acceptors (Lipinski definition) is 7. The van der Waals surface area contributed by atoms with Crippen LogP contribution in [-0.4, -0.2) is 33.3 Å². The lowest BCUT2D eigenvalue weighted by Gasteiger charge is -2.24. The SMILES string of the molecule is CC(C)(O)c1cc(Nc2cc(Oc3ccc(C4CC4)nc3C3CCOCC3)ccn2)ccn1. The van der Waals surface area contributed by atoms with Crippen molar-refractivity contribution in [2.24, 2.45) is 0 Å². The lowest BCUT2D eigenvalue weighted by molar-refractivity contribution is 0.0739. The van der Waals surface area contributed by atoms with Crippen LogP contribution in [0, 0.1) is 0 Å². The van der Waals surface area contributed by atoms with E-state index in [0.29, 0.717) is 29.1 Å². The molecule has 0 spiro atoms. The standard InChI is InChI=1S/C26H30N4O3/c1-26(2,31)23-15-19(7-11-27-23)29-24-16-20(8-12-28-24)33-22-6-5-21(17-3-4-17)30-25(22)18-9-13-32-14-10-18/h5-8,11-12,15-18,31H,3-4,9-10,13-14H2,1-2H3,(H,27,28,29). The minimum Gasteiger partial charge on any atom is -0.455 e. The van der Waals surface area contributed by atoms with Gasteiger partial charge < -0.3 is 19.9 Å². The third-order valence-corrected chi connectivity index (χ3v) is 6.13. The zero-order valence-electron chi connectivity index (χ0n) is 19.1. The van der Waals surface area contributed by atoms with Crippen LogP contribution in [0.5, 0.6) is 11.5 Å². The van der Waals surface area contributed by atoms with Crippen molar-refractivity contribution in [2.45, 2.75) is 57.0 Å². The van der Waals surface area contributed by atoms with E-state index in [1.54, 1.807) is 26.2 Å². The van der Waals surface area contributed by atoms with Crippen LogP contribution in [0.2, 0.25) is 0 Å². The molecule has 1 aliphatic carbocycles. The van der Waals surface area contributed by atoms with E-state index in [4.69, 9.17) is 14.5 Å². The summed E-state index contributed by atoms with van der Waals surface area (Å²) in [6, 6.07) is 11.5. The predicted octanol–water partition coefficient (Wildman–Crippen LogP) is 5.41. The molecular weight excluding hydrogens is 416 g/mol. The highest BCUT2D eigenvalue weighted by molar-refractivity contribution is 5.58. The van der Waals surface area contributed by atoms with Crippen LogP contribution < -0.4 is 10.1 Å². The van der Waals surface area contributed by atoms with E-state index in [2.05, 4.69) is 27.4 Å². The molecule has 1 saturated heterocycles. The van der Waals surface area contributed by atoms with E-state index in [1.165, 1.54) is 18.5 Å². The number of rotatable bonds is 7. The maximum absolute atomic E-state index is 10.2. The van der Waals surface area contributed by atoms with Crippen molar-refractivity contribution < 1.29 is 14.6 Å². The zero-order chi connectivity index (χ0) is 22.8. The number of pyridine rings is 3. The minimum absolute atomic E-state index is 0.351. The van der Waals surface area contributed by atoms with Gasteiger partial charge in [0.1, 0.15) is 22.9 Å². The van der Waals surface area contributed by atoms with Crippen LogP contribution in [0.25, 0.3) is 0 Å². The molecule has 1 aliphatic heterocycles. The van der Waals surface area contributed by atoms with Crippen LogP contribution in [-0.2, 0) is 10.3 Å². The van der Waals surface area contributed by atoms with Gasteiger partial charge in [-0.15, -0.1) is 0 Å². The first-order valence-electron chi connectivity index (χ1n) is 11.6. The fraction of sp³-hybridized carbons (Fsp3) is 0.423. The third-order valence-electron chi connectivity index (χ3n) is 6.13. The molecule has 2 fully saturated rings. The second-order valence-electron chi connectivity index (χ2n) is 9.37. The van der Waals surface area contributed by atoms with Gasteiger partial charge in [-0.25, -0.2) is 4.98 Å². The van der Waals surface area contributed by atoms with Crippen molar-refractivity contribution in [3.8, 4) is 11.5 Å². The molecule has 2 aliphatic rings. The Kier molecular flexibility index (Phi) is 6.00. The van der Waals surface area contributed by atoms with Crippen LogP contribution in [0.1, 0.15) is 68.4 Å². The monoisotopic (exact) mass is 446 g/mol. The molecule has 1 saturated carbocycles. The molecule has 0 unspecified atom stereocenters. The average Bonchev–Trinajstić information content (AvgIpc) is 3.65. The highest BCUT2D eigenvalue weighted by Crippen LogP contribution is 2.42. The number of hydrogen-bond donors (Lipinski definition) is 2. The highest BCUT2D eigenvalue weighted by atomic mass is 16.5. The lowest BCUT2D eigenvalue weighted by atomic mass is 9.95. The first-order valence-corrected chi connectivity index (χ1v) is 11.6. The summed E-state index contributed by atoms with van der Waals surface area (Å²) >= 11 is 0. The van der Waals surface area contributed by atoms with Crippen molar-refractivity contribution in [1.29, 1.82) is 0 Å². The molecule has 33 heavy (non-hydrogen) atoms. The number of ether oxygens (including phenoxy) is 2. The van der Waals surface area contributed by atoms with Gasteiger partial charge in [0.15, 0.2) is 0 Å². The Morgan fingerprint density at radius 2 is 1.76 bits per heavy atom. The zero-order valence-corrected chi connectivity index (χ0v) is 19.1. The Bertz CT molecular complexity index is 1120. The molecule has 3 aromatic rings. The quantitative estimate of drug-likeness (QED) is 0.502. The summed E-state index contributed by atoms with van der Waals surface area (Å²) in [5.41, 5.74) is 2.59. The molecule has 0 aromatic carbocycles. The highest BCUT2D eigenvalue weighted by Gasteiger charge is 2.28. The van der Waals surface area contributed by atoms with Gasteiger partial charge in [-0.1, -0.05) is 0 Å². The molecule has 0 amide bonds. The number of aliphatic hydroxyl groups is 1. The van der Waals surface area contributed by atoms with Crippen LogP contribution in [0.3, 0.4) is 0 Å². The average molecular weight is 447 g/mol. The van der Waals surface area contributed by atoms with Gasteiger partial charge in [0.25, 0.3) is 0 Å². The molecule has 5 rings (SSSR count). The Balaban J connectivity index is 1.37. The van der Waals surface area contributed by atoms with E-state index in [9.17, 15) is 5.11 Å². The molecular formula is C26H30N4O3. The number of anilines is 2. The summed E-state index contributed by atoms with van der Waals surface area (Å²) < 4.78 is 11.9. The molecule has 2 N–H and O–H groups in total. The van der Waals surface area contributed by atoms with E-state index in [1.807, 2.05) is 24.3 Å². The maximum Gasteiger partial charge on any atom is 0.149 e. The molecule has 4 heterocycles. The van der Waals surface area contributed by atoms with Crippen LogP contribution >= 0.6 is 0 Å². The Labute approximate surface area is 194 Å². The Morgan fingerprint density at radius 3 is 2.52 bits per heavy atom. The van der Waals surface area contributed by atoms with Gasteiger partial charge >= 0.3 is 0 Å². The fourth-order valence-corrected chi connectivity index (χ4v) is 4.09. The van der Waals surface area contributed by atoms with E-state index in [0.717, 1.165) is 43.2 Å². The molecule has 0 bridgehead atoms. The van der Waals surface area contributed by atoms with Crippen LogP contribution in [0.15, 0.2) is 48.8 Å². The molecule has 0 radical (unpaired) electrons. The van der Waals surface area contributed by atoms with E-state index >= 15 is 0 Å². The first kappa shape index (κ1) is 21.8. The van der Waals surface area contributed by atoms with Gasteiger partial charge in [-0.3, -0.25) is 9.97 Å². The number of nitrogens with one attached hydrogen (secondary N) is 1. The van der Waals surface area contributed by atoms with Crippen molar-refractivity contribution in [3.05, 3.63) is 65.9 Å². The third kappa shape index (κ3) is 5.31. The summed E-state index contributed by atoms with van der Waals surface area (Å²) in [4.78, 5) is 13.7. The van der Waals surface area contributed by atoms with Crippen molar-refractivity contribution >= 4 is 11.5 Å².